The minimum absolute atomic E-state index is 0.207. The zero-order chi connectivity index (χ0) is 25.1. The molecule has 0 aromatic carbocycles. The lowest BCUT2D eigenvalue weighted by Gasteiger charge is -2.20. The molecule has 3 aromatic rings. The standard InChI is InChI=1S/C26H32F3N5O/c1-3-5-6-7-8-9-11-19(4-2)22-18-32-24(20-12-10-14-30-17-20)34-25(22)33-23-16-21(13-15-31-23)35-26(27,28)29/h10,12-19H,3-9,11H2,1-2H3,(H,31,32,33,34). The van der Waals surface area contributed by atoms with Gasteiger partial charge in [-0.15, -0.1) is 13.2 Å². The van der Waals surface area contributed by atoms with Crippen LogP contribution < -0.4 is 10.1 Å². The van der Waals surface area contributed by atoms with Crippen molar-refractivity contribution in [3.05, 3.63) is 54.6 Å². The van der Waals surface area contributed by atoms with Crippen LogP contribution >= 0.6 is 0 Å². The van der Waals surface area contributed by atoms with Crippen LogP contribution in [-0.4, -0.2) is 26.3 Å². The Kier molecular flexibility index (Phi) is 9.81. The maximum Gasteiger partial charge on any atom is 0.573 e. The molecule has 188 valence electrons. The lowest BCUT2D eigenvalue weighted by atomic mass is 9.91. The second kappa shape index (κ2) is 13.0. The molecular formula is C26H32F3N5O. The molecule has 1 atom stereocenters. The second-order valence-corrected chi connectivity index (χ2v) is 8.45. The summed E-state index contributed by atoms with van der Waals surface area (Å²) in [6.45, 7) is 4.33. The number of hydrogen-bond acceptors (Lipinski definition) is 6. The molecule has 3 aromatic heterocycles. The number of hydrogen-bond donors (Lipinski definition) is 1. The molecular weight excluding hydrogens is 455 g/mol. The average Bonchev–Trinajstić information content (AvgIpc) is 2.84. The second-order valence-electron chi connectivity index (χ2n) is 8.45. The smallest absolute Gasteiger partial charge is 0.406 e. The Hall–Kier alpha value is -3.23. The van der Waals surface area contributed by atoms with Gasteiger partial charge >= 0.3 is 6.36 Å². The highest BCUT2D eigenvalue weighted by molar-refractivity contribution is 5.62. The van der Waals surface area contributed by atoms with Gasteiger partial charge in [0.05, 0.1) is 0 Å². The first-order valence-electron chi connectivity index (χ1n) is 12.2. The van der Waals surface area contributed by atoms with Gasteiger partial charge in [0.2, 0.25) is 0 Å². The van der Waals surface area contributed by atoms with Gasteiger partial charge in [0.25, 0.3) is 0 Å². The van der Waals surface area contributed by atoms with Crippen molar-refractivity contribution in [2.75, 3.05) is 5.32 Å². The van der Waals surface area contributed by atoms with Gasteiger partial charge in [-0.1, -0.05) is 52.4 Å². The summed E-state index contributed by atoms with van der Waals surface area (Å²) < 4.78 is 42.1. The topological polar surface area (TPSA) is 72.8 Å². The van der Waals surface area contributed by atoms with Gasteiger partial charge in [0.15, 0.2) is 5.82 Å². The van der Waals surface area contributed by atoms with Crippen molar-refractivity contribution in [2.24, 2.45) is 0 Å². The number of nitrogens with zero attached hydrogens (tertiary/aromatic N) is 4. The fraction of sp³-hybridized carbons (Fsp3) is 0.462. The summed E-state index contributed by atoms with van der Waals surface area (Å²) in [4.78, 5) is 17.6. The Bertz CT molecular complexity index is 1050. The van der Waals surface area contributed by atoms with Crippen LogP contribution in [0.4, 0.5) is 24.8 Å². The zero-order valence-corrected chi connectivity index (χ0v) is 20.2. The van der Waals surface area contributed by atoms with Gasteiger partial charge in [0, 0.05) is 42.0 Å². The van der Waals surface area contributed by atoms with Crippen LogP contribution in [0.3, 0.4) is 0 Å². The Morgan fingerprint density at radius 3 is 2.49 bits per heavy atom. The number of pyridine rings is 2. The van der Waals surface area contributed by atoms with Crippen molar-refractivity contribution >= 4 is 11.6 Å². The number of aromatic nitrogens is 4. The number of alkyl halides is 3. The average molecular weight is 488 g/mol. The van der Waals surface area contributed by atoms with E-state index in [1.807, 2.05) is 6.07 Å². The van der Waals surface area contributed by atoms with E-state index in [9.17, 15) is 13.2 Å². The summed E-state index contributed by atoms with van der Waals surface area (Å²) >= 11 is 0. The third-order valence-corrected chi connectivity index (χ3v) is 5.79. The van der Waals surface area contributed by atoms with Crippen LogP contribution in [0.15, 0.2) is 49.1 Å². The molecule has 0 saturated heterocycles. The zero-order valence-electron chi connectivity index (χ0n) is 20.2. The van der Waals surface area contributed by atoms with E-state index in [0.29, 0.717) is 11.6 Å². The Morgan fingerprint density at radius 2 is 1.77 bits per heavy atom. The summed E-state index contributed by atoms with van der Waals surface area (Å²) in [5, 5.41) is 3.11. The molecule has 0 radical (unpaired) electrons. The fourth-order valence-corrected chi connectivity index (χ4v) is 3.97. The normalized spacial score (nSPS) is 12.4. The molecule has 6 nitrogen and oxygen atoms in total. The molecule has 35 heavy (non-hydrogen) atoms. The lowest BCUT2D eigenvalue weighted by Crippen LogP contribution is -2.17. The van der Waals surface area contributed by atoms with Crippen molar-refractivity contribution in [2.45, 2.75) is 77.5 Å². The molecule has 0 aliphatic rings. The molecule has 3 heterocycles. The molecule has 9 heteroatoms. The molecule has 0 aliphatic carbocycles. The van der Waals surface area contributed by atoms with E-state index in [1.54, 1.807) is 24.7 Å². The highest BCUT2D eigenvalue weighted by Gasteiger charge is 2.31. The summed E-state index contributed by atoms with van der Waals surface area (Å²) in [7, 11) is 0. The van der Waals surface area contributed by atoms with Crippen molar-refractivity contribution in [1.29, 1.82) is 0 Å². The highest BCUT2D eigenvalue weighted by Crippen LogP contribution is 2.33. The first kappa shape index (κ1) is 26.4. The lowest BCUT2D eigenvalue weighted by molar-refractivity contribution is -0.274. The quantitative estimate of drug-likeness (QED) is 0.248. The van der Waals surface area contributed by atoms with Crippen molar-refractivity contribution in [1.82, 2.24) is 19.9 Å². The summed E-state index contributed by atoms with van der Waals surface area (Å²) in [6, 6.07) is 6.02. The first-order chi connectivity index (χ1) is 16.9. The van der Waals surface area contributed by atoms with Gasteiger partial charge in [0.1, 0.15) is 17.4 Å². The highest BCUT2D eigenvalue weighted by atomic mass is 19.4. The molecule has 0 bridgehead atoms. The maximum absolute atomic E-state index is 12.7. The molecule has 0 spiro atoms. The maximum atomic E-state index is 12.7. The Labute approximate surface area is 204 Å². The van der Waals surface area contributed by atoms with E-state index in [0.717, 1.165) is 36.5 Å². The number of anilines is 2. The van der Waals surface area contributed by atoms with Crippen LogP contribution in [0.5, 0.6) is 5.75 Å². The van der Waals surface area contributed by atoms with E-state index in [4.69, 9.17) is 4.98 Å². The van der Waals surface area contributed by atoms with Gasteiger partial charge in [-0.25, -0.2) is 15.0 Å². The predicted molar refractivity (Wildman–Crippen MR) is 130 cm³/mol. The molecule has 3 rings (SSSR count). The molecule has 0 saturated carbocycles. The van der Waals surface area contributed by atoms with Crippen LogP contribution in [0.25, 0.3) is 11.4 Å². The van der Waals surface area contributed by atoms with Crippen molar-refractivity contribution in [3.63, 3.8) is 0 Å². The van der Waals surface area contributed by atoms with E-state index >= 15 is 0 Å². The van der Waals surface area contributed by atoms with Crippen molar-refractivity contribution in [3.8, 4) is 17.1 Å². The Morgan fingerprint density at radius 1 is 0.971 bits per heavy atom. The number of halogens is 3. The van der Waals surface area contributed by atoms with Crippen LogP contribution in [0.2, 0.25) is 0 Å². The van der Waals surface area contributed by atoms with E-state index in [1.165, 1.54) is 44.4 Å². The number of ether oxygens (including phenoxy) is 1. The first-order valence-corrected chi connectivity index (χ1v) is 12.2. The van der Waals surface area contributed by atoms with Crippen LogP contribution in [0, 0.1) is 0 Å². The summed E-state index contributed by atoms with van der Waals surface area (Å²) in [5.41, 5.74) is 1.66. The minimum Gasteiger partial charge on any atom is -0.406 e. The SMILES string of the molecule is CCCCCCCCC(CC)c1cnc(-c2cccnc2)nc1Nc1cc(OC(F)(F)F)ccn1. The summed E-state index contributed by atoms with van der Waals surface area (Å²) in [5.74, 6) is 1.06. The third-order valence-electron chi connectivity index (χ3n) is 5.79. The number of rotatable bonds is 13. The van der Waals surface area contributed by atoms with Crippen LogP contribution in [0.1, 0.15) is 76.7 Å². The van der Waals surface area contributed by atoms with E-state index in [-0.39, 0.29) is 17.5 Å². The van der Waals surface area contributed by atoms with Gasteiger partial charge < -0.3 is 10.1 Å². The molecule has 0 amide bonds. The monoisotopic (exact) mass is 487 g/mol. The van der Waals surface area contributed by atoms with E-state index in [2.05, 4.69) is 38.9 Å². The number of unbranched alkanes of at least 4 members (excludes halogenated alkanes) is 5. The third kappa shape index (κ3) is 8.49. The molecule has 0 fully saturated rings. The predicted octanol–water partition coefficient (Wildman–Crippen LogP) is 7.82. The van der Waals surface area contributed by atoms with Crippen molar-refractivity contribution < 1.29 is 17.9 Å². The van der Waals surface area contributed by atoms with Crippen LogP contribution in [-0.2, 0) is 0 Å². The summed E-state index contributed by atoms with van der Waals surface area (Å²) in [6.07, 6.45) is 10.7. The van der Waals surface area contributed by atoms with Gasteiger partial charge in [-0.3, -0.25) is 4.98 Å². The molecule has 1 unspecified atom stereocenters. The van der Waals surface area contributed by atoms with Gasteiger partial charge in [-0.05, 0) is 37.0 Å². The molecule has 1 N–H and O–H groups in total. The van der Waals surface area contributed by atoms with E-state index < -0.39 is 6.36 Å². The fourth-order valence-electron chi connectivity index (χ4n) is 3.97. The molecule has 0 aliphatic heterocycles. The number of nitrogens with one attached hydrogen (secondary N) is 1. The minimum atomic E-state index is -4.78. The largest absolute Gasteiger partial charge is 0.573 e. The van der Waals surface area contributed by atoms with Gasteiger partial charge in [-0.2, -0.15) is 0 Å². The Balaban J connectivity index is 1.85.